The summed E-state index contributed by atoms with van der Waals surface area (Å²) in [4.78, 5) is 23.2. The minimum absolute atomic E-state index is 0.0849. The molecular formula is C16H19FN4O5S. The van der Waals surface area contributed by atoms with Crippen molar-refractivity contribution in [1.82, 2.24) is 9.88 Å². The van der Waals surface area contributed by atoms with E-state index in [0.717, 1.165) is 6.07 Å². The molecule has 0 bridgehead atoms. The van der Waals surface area contributed by atoms with E-state index in [0.29, 0.717) is 0 Å². The molecule has 1 atom stereocenters. The molecule has 1 aromatic carbocycles. The van der Waals surface area contributed by atoms with Gasteiger partial charge >= 0.3 is 0 Å². The predicted molar refractivity (Wildman–Crippen MR) is 95.1 cm³/mol. The molecule has 0 saturated carbocycles. The second-order valence-electron chi connectivity index (χ2n) is 5.86. The number of halogens is 1. The van der Waals surface area contributed by atoms with Gasteiger partial charge in [0.05, 0.1) is 11.7 Å². The lowest BCUT2D eigenvalue weighted by Crippen LogP contribution is -2.41. The number of carbonyl (C=O) groups excluding carboxylic acids is 2. The van der Waals surface area contributed by atoms with Gasteiger partial charge in [-0.3, -0.25) is 9.59 Å². The van der Waals surface area contributed by atoms with Crippen LogP contribution in [0, 0.1) is 19.7 Å². The molecule has 9 nitrogen and oxygen atoms in total. The smallest absolute Gasteiger partial charge is 0.246 e. The van der Waals surface area contributed by atoms with Gasteiger partial charge < -0.3 is 15.2 Å². The fraction of sp³-hybridized carbons (Fsp3) is 0.312. The second-order valence-corrected chi connectivity index (χ2v) is 7.51. The van der Waals surface area contributed by atoms with E-state index in [-0.39, 0.29) is 33.6 Å². The number of benzene rings is 1. The quantitative estimate of drug-likeness (QED) is 0.679. The Morgan fingerprint density at radius 3 is 2.44 bits per heavy atom. The van der Waals surface area contributed by atoms with Gasteiger partial charge in [-0.05, 0) is 39.0 Å². The molecule has 0 spiro atoms. The molecule has 0 aliphatic carbocycles. The summed E-state index contributed by atoms with van der Waals surface area (Å²) < 4.78 is 45.8. The van der Waals surface area contributed by atoms with Crippen molar-refractivity contribution in [1.29, 1.82) is 0 Å². The first-order valence-electron chi connectivity index (χ1n) is 7.84. The normalized spacial score (nSPS) is 12.5. The number of nitrogens with zero attached hydrogens (tertiary/aromatic N) is 1. The van der Waals surface area contributed by atoms with Gasteiger partial charge in [0.15, 0.2) is 5.76 Å². The molecule has 0 radical (unpaired) electrons. The Balaban J connectivity index is 2.15. The molecule has 0 aliphatic rings. The van der Waals surface area contributed by atoms with Crippen molar-refractivity contribution in [3.63, 3.8) is 0 Å². The largest absolute Gasteiger partial charge is 0.360 e. The third-order valence-corrected chi connectivity index (χ3v) is 5.29. The highest BCUT2D eigenvalue weighted by Crippen LogP contribution is 2.21. The SMILES string of the molecule is CC(=O)Nc1ccc(F)c(NC(=O)[C@H](C)NS(=O)(=O)c2c(C)noc2C)c1. The molecule has 11 heteroatoms. The number of carbonyl (C=O) groups is 2. The van der Waals surface area contributed by atoms with Crippen molar-refractivity contribution in [3.8, 4) is 0 Å². The number of hydrogen-bond acceptors (Lipinski definition) is 6. The van der Waals surface area contributed by atoms with Crippen molar-refractivity contribution in [3.05, 3.63) is 35.5 Å². The monoisotopic (exact) mass is 398 g/mol. The van der Waals surface area contributed by atoms with Crippen molar-refractivity contribution in [2.24, 2.45) is 0 Å². The summed E-state index contributed by atoms with van der Waals surface area (Å²) in [5, 5.41) is 8.32. The lowest BCUT2D eigenvalue weighted by molar-refractivity contribution is -0.117. The fourth-order valence-electron chi connectivity index (χ4n) is 2.35. The lowest BCUT2D eigenvalue weighted by atomic mass is 10.2. The Bertz CT molecular complexity index is 967. The summed E-state index contributed by atoms with van der Waals surface area (Å²) in [5.74, 6) is -1.80. The van der Waals surface area contributed by atoms with Crippen molar-refractivity contribution < 1.29 is 26.9 Å². The van der Waals surface area contributed by atoms with Gasteiger partial charge in [-0.2, -0.15) is 4.72 Å². The van der Waals surface area contributed by atoms with Crippen LogP contribution in [0.1, 0.15) is 25.3 Å². The summed E-state index contributed by atoms with van der Waals surface area (Å²) >= 11 is 0. The highest BCUT2D eigenvalue weighted by molar-refractivity contribution is 7.89. The average molecular weight is 398 g/mol. The summed E-state index contributed by atoms with van der Waals surface area (Å²) in [7, 11) is -4.07. The summed E-state index contributed by atoms with van der Waals surface area (Å²) in [6, 6.07) is 2.41. The first kappa shape index (κ1) is 20.5. The minimum atomic E-state index is -4.07. The van der Waals surface area contributed by atoms with Gasteiger partial charge in [-0.15, -0.1) is 0 Å². The highest BCUT2D eigenvalue weighted by Gasteiger charge is 2.28. The van der Waals surface area contributed by atoms with Crippen LogP contribution < -0.4 is 15.4 Å². The van der Waals surface area contributed by atoms with Crippen LogP contribution in [0.5, 0.6) is 0 Å². The van der Waals surface area contributed by atoms with Gasteiger partial charge in [0.2, 0.25) is 21.8 Å². The number of amides is 2. The first-order chi connectivity index (χ1) is 12.5. The molecule has 2 amide bonds. The number of aryl methyl sites for hydroxylation is 2. The highest BCUT2D eigenvalue weighted by atomic mass is 32.2. The molecule has 0 aliphatic heterocycles. The first-order valence-corrected chi connectivity index (χ1v) is 9.33. The van der Waals surface area contributed by atoms with E-state index in [1.54, 1.807) is 0 Å². The lowest BCUT2D eigenvalue weighted by Gasteiger charge is -2.15. The van der Waals surface area contributed by atoms with Crippen LogP contribution in [0.2, 0.25) is 0 Å². The molecule has 0 fully saturated rings. The zero-order chi connectivity index (χ0) is 20.4. The van der Waals surface area contributed by atoms with Crippen molar-refractivity contribution in [2.75, 3.05) is 10.6 Å². The van der Waals surface area contributed by atoms with Crippen LogP contribution in [0.25, 0.3) is 0 Å². The van der Waals surface area contributed by atoms with Crippen molar-refractivity contribution >= 4 is 33.2 Å². The molecule has 1 aromatic heterocycles. The number of sulfonamides is 1. The summed E-state index contributed by atoms with van der Waals surface area (Å²) in [5.41, 5.74) is 0.236. The maximum atomic E-state index is 13.9. The fourth-order valence-corrected chi connectivity index (χ4v) is 3.88. The Hall–Kier alpha value is -2.79. The molecular weight excluding hydrogens is 379 g/mol. The van der Waals surface area contributed by atoms with Gasteiger partial charge in [0.25, 0.3) is 0 Å². The second kappa shape index (κ2) is 7.84. The molecule has 3 N–H and O–H groups in total. The van der Waals surface area contributed by atoms with Gasteiger partial charge in [0, 0.05) is 12.6 Å². The van der Waals surface area contributed by atoms with Gasteiger partial charge in [0.1, 0.15) is 16.4 Å². The van der Waals surface area contributed by atoms with Crippen LogP contribution in [0.3, 0.4) is 0 Å². The van der Waals surface area contributed by atoms with Crippen LogP contribution in [-0.2, 0) is 19.6 Å². The van der Waals surface area contributed by atoms with E-state index in [9.17, 15) is 22.4 Å². The molecule has 0 unspecified atom stereocenters. The molecule has 1 heterocycles. The zero-order valence-electron chi connectivity index (χ0n) is 15.1. The standard InChI is InChI=1S/C16H19FN4O5S/c1-8-15(10(3)26-20-8)27(24,25)21-9(2)16(23)19-14-7-12(18-11(4)22)5-6-13(14)17/h5-7,9,21H,1-4H3,(H,18,22)(H,19,23)/t9-/m0/s1. The molecule has 2 aromatic rings. The Kier molecular flexibility index (Phi) is 5.96. The van der Waals surface area contributed by atoms with Crippen LogP contribution in [-0.4, -0.2) is 31.4 Å². The molecule has 146 valence electrons. The Morgan fingerprint density at radius 2 is 1.89 bits per heavy atom. The summed E-state index contributed by atoms with van der Waals surface area (Å²) in [6.07, 6.45) is 0. The third kappa shape index (κ3) is 4.89. The van der Waals surface area contributed by atoms with Crippen LogP contribution in [0.4, 0.5) is 15.8 Å². The third-order valence-electron chi connectivity index (χ3n) is 3.51. The van der Waals surface area contributed by atoms with Crippen molar-refractivity contribution in [2.45, 2.75) is 38.6 Å². The number of rotatable bonds is 6. The maximum Gasteiger partial charge on any atom is 0.246 e. The van der Waals surface area contributed by atoms with E-state index in [1.807, 2.05) is 0 Å². The van der Waals surface area contributed by atoms with E-state index in [1.165, 1.54) is 39.8 Å². The van der Waals surface area contributed by atoms with E-state index in [2.05, 4.69) is 20.5 Å². The maximum absolute atomic E-state index is 13.9. The number of hydrogen-bond donors (Lipinski definition) is 3. The van der Waals surface area contributed by atoms with Gasteiger partial charge in [-0.1, -0.05) is 5.16 Å². The predicted octanol–water partition coefficient (Wildman–Crippen LogP) is 1.69. The average Bonchev–Trinajstić information content (AvgIpc) is 2.89. The molecule has 0 saturated heterocycles. The topological polar surface area (TPSA) is 130 Å². The van der Waals surface area contributed by atoms with Crippen LogP contribution >= 0.6 is 0 Å². The van der Waals surface area contributed by atoms with Gasteiger partial charge in [-0.25, -0.2) is 12.8 Å². The van der Waals surface area contributed by atoms with E-state index in [4.69, 9.17) is 4.52 Å². The zero-order valence-corrected chi connectivity index (χ0v) is 15.9. The number of nitrogens with one attached hydrogen (secondary N) is 3. The minimum Gasteiger partial charge on any atom is -0.360 e. The van der Waals surface area contributed by atoms with Crippen LogP contribution in [0.15, 0.2) is 27.6 Å². The van der Waals surface area contributed by atoms with E-state index >= 15 is 0 Å². The number of aromatic nitrogens is 1. The Morgan fingerprint density at radius 1 is 1.22 bits per heavy atom. The molecule has 27 heavy (non-hydrogen) atoms. The molecule has 2 rings (SSSR count). The Labute approximate surface area is 155 Å². The summed E-state index contributed by atoms with van der Waals surface area (Å²) in [6.45, 7) is 5.48. The number of anilines is 2. The van der Waals surface area contributed by atoms with E-state index < -0.39 is 27.8 Å².